The number of aliphatic hydroxyl groups excluding tert-OH is 1. The quantitative estimate of drug-likeness (QED) is 0.250. The average Bonchev–Trinajstić information content (AvgIpc) is 3.13. The van der Waals surface area contributed by atoms with Gasteiger partial charge in [-0.2, -0.15) is 0 Å². The lowest BCUT2D eigenvalue weighted by Gasteiger charge is -2.28. The predicted octanol–water partition coefficient (Wildman–Crippen LogP) is 3.16. The van der Waals surface area contributed by atoms with Crippen LogP contribution in [-0.2, 0) is 16.0 Å². The molecule has 1 amide bonds. The van der Waals surface area contributed by atoms with Gasteiger partial charge in [0, 0.05) is 36.0 Å². The molecule has 2 aromatic rings. The van der Waals surface area contributed by atoms with E-state index in [1.54, 1.807) is 6.08 Å². The van der Waals surface area contributed by atoms with Gasteiger partial charge >= 0.3 is 0 Å². The third-order valence-electron chi connectivity index (χ3n) is 5.16. The van der Waals surface area contributed by atoms with Crippen molar-refractivity contribution in [2.24, 2.45) is 4.99 Å². The van der Waals surface area contributed by atoms with E-state index in [1.807, 2.05) is 55.5 Å². The minimum Gasteiger partial charge on any atom is -0.494 e. The second kappa shape index (κ2) is 11.3. The summed E-state index contributed by atoms with van der Waals surface area (Å²) in [6.45, 7) is 6.47. The summed E-state index contributed by atoms with van der Waals surface area (Å²) in [5, 5.41) is 8.88. The molecule has 3 N–H and O–H groups in total. The number of rotatable bonds is 11. The van der Waals surface area contributed by atoms with E-state index < -0.39 is 11.6 Å². The second-order valence-electron chi connectivity index (χ2n) is 7.48. The van der Waals surface area contributed by atoms with Gasteiger partial charge in [0.05, 0.1) is 6.61 Å². The molecule has 0 radical (unpaired) electrons. The van der Waals surface area contributed by atoms with E-state index in [4.69, 9.17) is 19.6 Å². The van der Waals surface area contributed by atoms with Crippen LogP contribution in [0.2, 0.25) is 0 Å². The third-order valence-corrected chi connectivity index (χ3v) is 5.69. The summed E-state index contributed by atoms with van der Waals surface area (Å²) in [6, 6.07) is 15.2. The van der Waals surface area contributed by atoms with Crippen molar-refractivity contribution in [3.8, 4) is 5.75 Å². The molecule has 1 heterocycles. The number of aliphatic imine (C=N–C) groups is 1. The Balaban J connectivity index is 1.87. The summed E-state index contributed by atoms with van der Waals surface area (Å²) in [5.74, 6) is 0.838. The fourth-order valence-electron chi connectivity index (χ4n) is 3.37. The van der Waals surface area contributed by atoms with Crippen LogP contribution in [0.1, 0.15) is 24.5 Å². The van der Waals surface area contributed by atoms with E-state index in [0.717, 1.165) is 15.6 Å². The molecule has 0 fully saturated rings. The smallest absolute Gasteiger partial charge is 0.266 e. The number of hydrogen-bond donors (Lipinski definition) is 3. The number of nitrogens with zero attached hydrogens (tertiary/aromatic N) is 1. The van der Waals surface area contributed by atoms with Gasteiger partial charge in [-0.25, -0.2) is 10.4 Å². The van der Waals surface area contributed by atoms with Gasteiger partial charge < -0.3 is 14.6 Å². The van der Waals surface area contributed by atoms with Gasteiger partial charge in [-0.15, -0.1) is 6.58 Å². The lowest BCUT2D eigenvalue weighted by atomic mass is 9.86. The van der Waals surface area contributed by atoms with E-state index in [1.165, 1.54) is 0 Å². The summed E-state index contributed by atoms with van der Waals surface area (Å²) >= 11 is 3.45. The topological polar surface area (TPSA) is 92.2 Å². The molecule has 0 saturated heterocycles. The number of aliphatic hydroxyl groups is 1. The zero-order valence-electron chi connectivity index (χ0n) is 18.0. The highest BCUT2D eigenvalue weighted by atomic mass is 79.9. The first-order valence-electron chi connectivity index (χ1n) is 10.5. The van der Waals surface area contributed by atoms with Crippen molar-refractivity contribution < 1.29 is 19.4 Å². The molecular formula is C24H28BrN3O4. The first kappa shape index (κ1) is 24.0. The van der Waals surface area contributed by atoms with Gasteiger partial charge in [0.1, 0.15) is 11.9 Å². The van der Waals surface area contributed by atoms with Crippen LogP contribution >= 0.6 is 15.9 Å². The number of carbonyl (C=O) groups is 1. The molecule has 7 nitrogen and oxygen atoms in total. The minimum absolute atomic E-state index is 0.0881. The van der Waals surface area contributed by atoms with Crippen LogP contribution in [0.15, 0.2) is 70.7 Å². The van der Waals surface area contributed by atoms with Crippen molar-refractivity contribution in [3.63, 3.8) is 0 Å². The zero-order chi connectivity index (χ0) is 23.0. The molecule has 0 aliphatic carbocycles. The van der Waals surface area contributed by atoms with Crippen molar-refractivity contribution in [3.05, 3.63) is 76.8 Å². The summed E-state index contributed by atoms with van der Waals surface area (Å²) < 4.78 is 12.6. The van der Waals surface area contributed by atoms with Crippen LogP contribution in [0.5, 0.6) is 5.75 Å². The SMILES string of the molecule is C=CCNNC(=O)[C@@]1(Cc2ccc(Br)cc2)N=C(c2ccc(OCCCO)cc2)O[C@H]1C. The standard InChI is InChI=1S/C24H28BrN3O4/c1-3-13-26-28-23(30)24(16-18-5-9-20(25)10-6-18)17(2)32-22(27-24)19-7-11-21(12-8-19)31-15-4-14-29/h3,5-12,17,26,29H,1,4,13-16H2,2H3,(H,28,30)/t17-,24-/m0/s1. The monoisotopic (exact) mass is 501 g/mol. The first-order chi connectivity index (χ1) is 15.5. The highest BCUT2D eigenvalue weighted by molar-refractivity contribution is 9.10. The lowest BCUT2D eigenvalue weighted by Crippen LogP contribution is -2.56. The van der Waals surface area contributed by atoms with Crippen LogP contribution in [0.3, 0.4) is 0 Å². The summed E-state index contributed by atoms with van der Waals surface area (Å²) in [5.41, 5.74) is 6.20. The molecule has 8 heteroatoms. The van der Waals surface area contributed by atoms with Crippen LogP contribution in [0.25, 0.3) is 0 Å². The normalized spacial score (nSPS) is 19.7. The summed E-state index contributed by atoms with van der Waals surface area (Å²) in [7, 11) is 0. The maximum atomic E-state index is 13.3. The Hall–Kier alpha value is -2.68. The van der Waals surface area contributed by atoms with Crippen LogP contribution in [0, 0.1) is 0 Å². The number of benzene rings is 2. The number of nitrogens with one attached hydrogen (secondary N) is 2. The van der Waals surface area contributed by atoms with Crippen molar-refractivity contribution in [2.75, 3.05) is 19.8 Å². The Morgan fingerprint density at radius 3 is 2.66 bits per heavy atom. The zero-order valence-corrected chi connectivity index (χ0v) is 19.6. The lowest BCUT2D eigenvalue weighted by molar-refractivity contribution is -0.129. The average molecular weight is 502 g/mol. The highest BCUT2D eigenvalue weighted by Crippen LogP contribution is 2.33. The molecule has 0 spiro atoms. The Morgan fingerprint density at radius 2 is 2.00 bits per heavy atom. The molecule has 0 saturated carbocycles. The van der Waals surface area contributed by atoms with Crippen LogP contribution in [0.4, 0.5) is 0 Å². The van der Waals surface area contributed by atoms with Gasteiger partial charge in [-0.3, -0.25) is 10.2 Å². The van der Waals surface area contributed by atoms with Crippen molar-refractivity contribution in [1.29, 1.82) is 0 Å². The van der Waals surface area contributed by atoms with Crippen molar-refractivity contribution in [1.82, 2.24) is 10.9 Å². The van der Waals surface area contributed by atoms with Crippen molar-refractivity contribution >= 4 is 27.7 Å². The number of amides is 1. The summed E-state index contributed by atoms with van der Waals surface area (Å²) in [4.78, 5) is 18.1. The van der Waals surface area contributed by atoms with E-state index >= 15 is 0 Å². The van der Waals surface area contributed by atoms with Crippen LogP contribution < -0.4 is 15.6 Å². The molecule has 170 valence electrons. The van der Waals surface area contributed by atoms with Gasteiger partial charge in [-0.05, 0) is 48.9 Å². The van der Waals surface area contributed by atoms with E-state index in [0.29, 0.717) is 37.6 Å². The van der Waals surface area contributed by atoms with Crippen LogP contribution in [-0.4, -0.2) is 48.3 Å². The Bertz CT molecular complexity index is 947. The van der Waals surface area contributed by atoms with Gasteiger partial charge in [0.25, 0.3) is 5.91 Å². The molecule has 2 aromatic carbocycles. The number of hydrogen-bond acceptors (Lipinski definition) is 6. The molecule has 1 aliphatic heterocycles. The fraction of sp³-hybridized carbons (Fsp3) is 0.333. The first-order valence-corrected chi connectivity index (χ1v) is 11.3. The molecule has 0 aromatic heterocycles. The van der Waals surface area contributed by atoms with Crippen molar-refractivity contribution in [2.45, 2.75) is 31.4 Å². The van der Waals surface area contributed by atoms with E-state index in [2.05, 4.69) is 33.4 Å². The van der Waals surface area contributed by atoms with Gasteiger partial charge in [-0.1, -0.05) is 34.1 Å². The van der Waals surface area contributed by atoms with Gasteiger partial charge in [0.2, 0.25) is 5.90 Å². The number of hydrazine groups is 1. The molecule has 0 unspecified atom stereocenters. The number of ether oxygens (including phenoxy) is 2. The third kappa shape index (κ3) is 5.76. The number of carbonyl (C=O) groups excluding carboxylic acids is 1. The molecule has 3 rings (SSSR count). The largest absolute Gasteiger partial charge is 0.494 e. The maximum Gasteiger partial charge on any atom is 0.266 e. The highest BCUT2D eigenvalue weighted by Gasteiger charge is 2.50. The minimum atomic E-state index is -1.13. The predicted molar refractivity (Wildman–Crippen MR) is 128 cm³/mol. The van der Waals surface area contributed by atoms with E-state index in [9.17, 15) is 4.79 Å². The molecular weight excluding hydrogens is 474 g/mol. The van der Waals surface area contributed by atoms with Gasteiger partial charge in [0.15, 0.2) is 5.54 Å². The molecule has 2 atom stereocenters. The molecule has 32 heavy (non-hydrogen) atoms. The Morgan fingerprint density at radius 1 is 1.28 bits per heavy atom. The fourth-order valence-corrected chi connectivity index (χ4v) is 3.63. The molecule has 1 aliphatic rings. The Labute approximate surface area is 196 Å². The maximum absolute atomic E-state index is 13.3. The number of halogens is 1. The second-order valence-corrected chi connectivity index (χ2v) is 8.39. The van der Waals surface area contributed by atoms with E-state index in [-0.39, 0.29) is 12.5 Å². The Kier molecular flexibility index (Phi) is 8.44. The summed E-state index contributed by atoms with van der Waals surface area (Å²) in [6.07, 6.45) is 2.14. The molecule has 0 bridgehead atoms.